The van der Waals surface area contributed by atoms with E-state index in [9.17, 15) is 4.79 Å². The summed E-state index contributed by atoms with van der Waals surface area (Å²) < 4.78 is 16.8. The van der Waals surface area contributed by atoms with Crippen LogP contribution in [0.25, 0.3) is 6.08 Å². The van der Waals surface area contributed by atoms with Gasteiger partial charge in [-0.05, 0) is 47.7 Å². The highest BCUT2D eigenvalue weighted by Gasteiger charge is 2.37. The molecule has 3 aliphatic heterocycles. The molecule has 9 nitrogen and oxygen atoms in total. The van der Waals surface area contributed by atoms with E-state index in [4.69, 9.17) is 19.6 Å². The van der Waals surface area contributed by atoms with Gasteiger partial charge in [0.1, 0.15) is 11.5 Å². The molecule has 0 saturated carbocycles. The molecular formula is C25H25N5O4S. The van der Waals surface area contributed by atoms with Crippen molar-refractivity contribution in [3.63, 3.8) is 0 Å². The molecule has 0 atom stereocenters. The molecule has 3 aliphatic rings. The van der Waals surface area contributed by atoms with Gasteiger partial charge < -0.3 is 19.1 Å². The van der Waals surface area contributed by atoms with E-state index in [1.54, 1.807) is 6.08 Å². The monoisotopic (exact) mass is 491 g/mol. The Bertz CT molecular complexity index is 1170. The number of nitrogens with one attached hydrogen (secondary N) is 1. The first-order valence-corrected chi connectivity index (χ1v) is 12.2. The minimum absolute atomic E-state index is 0.0227. The minimum Gasteiger partial charge on any atom is -0.493 e. The lowest BCUT2D eigenvalue weighted by Crippen LogP contribution is -2.39. The highest BCUT2D eigenvalue weighted by Crippen LogP contribution is 2.30. The number of nitrogens with zero attached hydrogens (tertiary/aromatic N) is 4. The zero-order chi connectivity index (χ0) is 24.0. The number of ether oxygens (including phenoxy) is 3. The summed E-state index contributed by atoms with van der Waals surface area (Å²) in [6.45, 7) is 3.83. The summed E-state index contributed by atoms with van der Waals surface area (Å²) in [5, 5.41) is 15.7. The summed E-state index contributed by atoms with van der Waals surface area (Å²) in [7, 11) is 0. The Kier molecular flexibility index (Phi) is 7.10. The summed E-state index contributed by atoms with van der Waals surface area (Å²) in [6.07, 6.45) is 2.42. The van der Waals surface area contributed by atoms with Crippen LogP contribution in [0.5, 0.6) is 11.5 Å². The molecule has 0 aliphatic carbocycles. The second-order valence-corrected chi connectivity index (χ2v) is 8.87. The zero-order valence-corrected chi connectivity index (χ0v) is 19.9. The third kappa shape index (κ3) is 5.55. The van der Waals surface area contributed by atoms with Gasteiger partial charge in [-0.3, -0.25) is 10.2 Å². The van der Waals surface area contributed by atoms with Crippen molar-refractivity contribution in [1.29, 1.82) is 5.41 Å². The first-order valence-electron chi connectivity index (χ1n) is 11.4. The number of carbonyl (C=O) groups is 1. The molecule has 35 heavy (non-hydrogen) atoms. The molecule has 1 N–H and O–H groups in total. The number of hydrazone groups is 1. The predicted molar refractivity (Wildman–Crippen MR) is 136 cm³/mol. The number of amides is 1. The maximum absolute atomic E-state index is 12.6. The molecule has 0 radical (unpaired) electrons. The molecule has 2 aromatic carbocycles. The van der Waals surface area contributed by atoms with E-state index < -0.39 is 5.91 Å². The van der Waals surface area contributed by atoms with E-state index in [1.165, 1.54) is 16.8 Å². The number of hydrogen-bond acceptors (Lipinski definition) is 8. The fourth-order valence-corrected chi connectivity index (χ4v) is 4.59. The molecule has 10 heteroatoms. The Hall–Kier alpha value is -3.63. The first kappa shape index (κ1) is 23.1. The van der Waals surface area contributed by atoms with Crippen molar-refractivity contribution < 1.29 is 19.0 Å². The van der Waals surface area contributed by atoms with E-state index in [0.29, 0.717) is 31.6 Å². The molecule has 3 heterocycles. The zero-order valence-electron chi connectivity index (χ0n) is 19.1. The van der Waals surface area contributed by atoms with E-state index >= 15 is 0 Å². The Balaban J connectivity index is 1.17. The fraction of sp³-hybridized carbons (Fsp3) is 0.280. The molecule has 0 spiro atoms. The topological polar surface area (TPSA) is 99.8 Å². The number of carbonyl (C=O) groups excluding carboxylic acids is 1. The number of morpholine rings is 1. The molecule has 1 fully saturated rings. The van der Waals surface area contributed by atoms with Crippen molar-refractivity contribution in [2.75, 3.05) is 39.5 Å². The van der Waals surface area contributed by atoms with Crippen molar-refractivity contribution in [2.45, 2.75) is 6.42 Å². The normalized spacial score (nSPS) is 18.9. The van der Waals surface area contributed by atoms with Crippen molar-refractivity contribution in [1.82, 2.24) is 9.91 Å². The van der Waals surface area contributed by atoms with Gasteiger partial charge in [0, 0.05) is 19.5 Å². The van der Waals surface area contributed by atoms with Crippen LogP contribution in [0, 0.1) is 5.41 Å². The molecule has 1 amide bonds. The van der Waals surface area contributed by atoms with Crippen LogP contribution in [-0.2, 0) is 9.53 Å². The predicted octanol–water partition coefficient (Wildman–Crippen LogP) is 3.44. The fourth-order valence-electron chi connectivity index (χ4n) is 3.65. The van der Waals surface area contributed by atoms with Crippen molar-refractivity contribution in [3.05, 3.63) is 65.7 Å². The summed E-state index contributed by atoms with van der Waals surface area (Å²) >= 11 is 1.31. The van der Waals surface area contributed by atoms with Crippen LogP contribution < -0.4 is 9.47 Å². The van der Waals surface area contributed by atoms with E-state index in [2.05, 4.69) is 15.0 Å². The number of thioether (sulfide) groups is 1. The van der Waals surface area contributed by atoms with E-state index in [-0.39, 0.29) is 11.4 Å². The average molecular weight is 492 g/mol. The van der Waals surface area contributed by atoms with Gasteiger partial charge in [-0.2, -0.15) is 10.0 Å². The van der Waals surface area contributed by atoms with Gasteiger partial charge in [0.05, 0.1) is 32.0 Å². The number of hydrogen-bond donors (Lipinski definition) is 1. The van der Waals surface area contributed by atoms with E-state index in [1.807, 2.05) is 54.6 Å². The van der Waals surface area contributed by atoms with E-state index in [0.717, 1.165) is 41.7 Å². The highest BCUT2D eigenvalue weighted by molar-refractivity contribution is 8.26. The van der Waals surface area contributed by atoms with Crippen LogP contribution in [0.4, 0.5) is 0 Å². The van der Waals surface area contributed by atoms with Crippen LogP contribution in [0.3, 0.4) is 0 Å². The number of aliphatic imine (C=N–C) groups is 1. The van der Waals surface area contributed by atoms with Gasteiger partial charge in [0.2, 0.25) is 5.17 Å². The Labute approximate surface area is 207 Å². The van der Waals surface area contributed by atoms with Crippen LogP contribution in [0.1, 0.15) is 12.0 Å². The molecule has 2 aromatic rings. The number of benzene rings is 2. The third-order valence-corrected chi connectivity index (χ3v) is 6.46. The molecule has 0 bridgehead atoms. The summed E-state index contributed by atoms with van der Waals surface area (Å²) in [6, 6.07) is 17.1. The summed E-state index contributed by atoms with van der Waals surface area (Å²) in [5.74, 6) is 1.16. The molecule has 1 saturated heterocycles. The smallest absolute Gasteiger partial charge is 0.283 e. The SMILES string of the molecule is N=C1/C(=C\c2ccc(OCCCOc3ccccc3)cc2)C(=O)N=C2SC(N3CCOCC3)=NN12. The van der Waals surface area contributed by atoms with Crippen LogP contribution >= 0.6 is 11.8 Å². The minimum atomic E-state index is -0.439. The number of amidine groups is 3. The molecule has 180 valence electrons. The van der Waals surface area contributed by atoms with Crippen molar-refractivity contribution in [2.24, 2.45) is 10.1 Å². The summed E-state index contributed by atoms with van der Waals surface area (Å²) in [4.78, 5) is 18.9. The second kappa shape index (κ2) is 10.7. The second-order valence-electron chi connectivity index (χ2n) is 7.93. The molecular weight excluding hydrogens is 466 g/mol. The number of para-hydroxylation sites is 1. The van der Waals surface area contributed by atoms with Crippen LogP contribution in [0.2, 0.25) is 0 Å². The number of fused-ring (bicyclic) bond motifs is 1. The summed E-state index contributed by atoms with van der Waals surface area (Å²) in [5.41, 5.74) is 0.980. The van der Waals surface area contributed by atoms with Gasteiger partial charge in [-0.25, -0.2) is 0 Å². The average Bonchev–Trinajstić information content (AvgIpc) is 3.32. The standard InChI is InChI=1S/C25H25N5O4S/c26-22-21(23(31)27-24-30(22)28-25(35-24)29-11-15-32-16-12-29)17-18-7-9-20(10-8-18)34-14-4-13-33-19-5-2-1-3-6-19/h1-3,5-10,17,26H,4,11-16H2/b21-17+,26-22?. The van der Waals surface area contributed by atoms with Crippen molar-refractivity contribution in [3.8, 4) is 11.5 Å². The lowest BCUT2D eigenvalue weighted by atomic mass is 10.1. The lowest BCUT2D eigenvalue weighted by Gasteiger charge is -2.26. The number of rotatable bonds is 7. The highest BCUT2D eigenvalue weighted by atomic mass is 32.2. The van der Waals surface area contributed by atoms with Crippen LogP contribution in [-0.4, -0.2) is 71.5 Å². The first-order chi connectivity index (χ1) is 17.2. The Morgan fingerprint density at radius 2 is 1.66 bits per heavy atom. The quantitative estimate of drug-likeness (QED) is 0.468. The maximum Gasteiger partial charge on any atom is 0.283 e. The lowest BCUT2D eigenvalue weighted by molar-refractivity contribution is -0.114. The molecule has 5 rings (SSSR count). The van der Waals surface area contributed by atoms with Gasteiger partial charge in [-0.1, -0.05) is 30.3 Å². The van der Waals surface area contributed by atoms with Crippen LogP contribution in [0.15, 0.2) is 70.3 Å². The maximum atomic E-state index is 12.6. The van der Waals surface area contributed by atoms with Gasteiger partial charge in [0.25, 0.3) is 5.91 Å². The van der Waals surface area contributed by atoms with Gasteiger partial charge in [-0.15, -0.1) is 5.10 Å². The largest absolute Gasteiger partial charge is 0.493 e. The molecule has 0 unspecified atom stereocenters. The van der Waals surface area contributed by atoms with Gasteiger partial charge in [0.15, 0.2) is 11.0 Å². The van der Waals surface area contributed by atoms with Gasteiger partial charge >= 0.3 is 0 Å². The third-order valence-electron chi connectivity index (χ3n) is 5.49. The van der Waals surface area contributed by atoms with Crippen molar-refractivity contribution >= 4 is 39.9 Å². The Morgan fingerprint density at radius 1 is 0.971 bits per heavy atom. The molecule has 0 aromatic heterocycles. The Morgan fingerprint density at radius 3 is 2.37 bits per heavy atom.